The largest absolute Gasteiger partial charge is 0.496 e. The zero-order valence-electron chi connectivity index (χ0n) is 12.6. The maximum absolute atomic E-state index is 10.9. The molecule has 1 unspecified atom stereocenters. The lowest BCUT2D eigenvalue weighted by Crippen LogP contribution is -2.29. The van der Waals surface area contributed by atoms with Gasteiger partial charge in [0, 0.05) is 23.7 Å². The molecule has 0 spiro atoms. The highest BCUT2D eigenvalue weighted by Crippen LogP contribution is 2.22. The Kier molecular flexibility index (Phi) is 6.03. The number of ether oxygens (including phenoxy) is 1. The van der Waals surface area contributed by atoms with Gasteiger partial charge in [0.25, 0.3) is 0 Å². The summed E-state index contributed by atoms with van der Waals surface area (Å²) in [6, 6.07) is 6.06. The van der Waals surface area contributed by atoms with Crippen LogP contribution >= 0.6 is 0 Å². The average molecular weight is 263 g/mol. The number of benzene rings is 1. The average Bonchev–Trinajstić information content (AvgIpc) is 2.37. The van der Waals surface area contributed by atoms with E-state index >= 15 is 0 Å². The Morgan fingerprint density at radius 3 is 2.53 bits per heavy atom. The van der Waals surface area contributed by atoms with Crippen LogP contribution in [-0.4, -0.2) is 31.4 Å². The van der Waals surface area contributed by atoms with Crippen molar-refractivity contribution in [1.29, 1.82) is 0 Å². The third kappa shape index (κ3) is 4.67. The van der Waals surface area contributed by atoms with Crippen LogP contribution in [0.25, 0.3) is 0 Å². The second kappa shape index (κ2) is 7.29. The van der Waals surface area contributed by atoms with Gasteiger partial charge in [-0.1, -0.05) is 13.8 Å². The lowest BCUT2D eigenvalue weighted by Gasteiger charge is -2.26. The van der Waals surface area contributed by atoms with Gasteiger partial charge in [-0.2, -0.15) is 0 Å². The van der Waals surface area contributed by atoms with E-state index in [-0.39, 0.29) is 0 Å². The van der Waals surface area contributed by atoms with Gasteiger partial charge < -0.3 is 4.74 Å². The van der Waals surface area contributed by atoms with E-state index in [1.165, 1.54) is 0 Å². The summed E-state index contributed by atoms with van der Waals surface area (Å²) in [5, 5.41) is 0. The second-order valence-electron chi connectivity index (χ2n) is 5.58. The summed E-state index contributed by atoms with van der Waals surface area (Å²) in [6.45, 7) is 7.49. The van der Waals surface area contributed by atoms with E-state index in [1.807, 2.05) is 12.1 Å². The fourth-order valence-corrected chi connectivity index (χ4v) is 2.28. The molecule has 3 heteroatoms. The topological polar surface area (TPSA) is 29.5 Å². The fourth-order valence-electron chi connectivity index (χ4n) is 2.28. The number of carbonyl (C=O) groups excluding carboxylic acids is 1. The van der Waals surface area contributed by atoms with Gasteiger partial charge in [-0.3, -0.25) is 9.69 Å². The first-order valence-electron chi connectivity index (χ1n) is 6.80. The van der Waals surface area contributed by atoms with Crippen molar-refractivity contribution in [3.63, 3.8) is 0 Å². The molecule has 0 aliphatic heterocycles. The van der Waals surface area contributed by atoms with E-state index < -0.39 is 0 Å². The lowest BCUT2D eigenvalue weighted by atomic mass is 10.0. The van der Waals surface area contributed by atoms with Crippen LogP contribution in [-0.2, 0) is 6.54 Å². The number of hydrogen-bond acceptors (Lipinski definition) is 3. The smallest absolute Gasteiger partial charge is 0.150 e. The summed E-state index contributed by atoms with van der Waals surface area (Å²) in [6.07, 6.45) is 2.03. The molecule has 0 amide bonds. The zero-order valence-corrected chi connectivity index (χ0v) is 12.6. The number of rotatable bonds is 7. The number of nitrogens with zero attached hydrogens (tertiary/aromatic N) is 1. The minimum Gasteiger partial charge on any atom is -0.496 e. The molecule has 1 aromatic carbocycles. The van der Waals surface area contributed by atoms with Crippen LogP contribution in [0.4, 0.5) is 0 Å². The van der Waals surface area contributed by atoms with Gasteiger partial charge in [-0.05, 0) is 44.5 Å². The molecule has 0 aliphatic rings. The molecule has 0 N–H and O–H groups in total. The first-order valence-corrected chi connectivity index (χ1v) is 6.80. The van der Waals surface area contributed by atoms with Crippen molar-refractivity contribution in [1.82, 2.24) is 4.90 Å². The fraction of sp³-hybridized carbons (Fsp3) is 0.562. The minimum atomic E-state index is 0.504. The summed E-state index contributed by atoms with van der Waals surface area (Å²) in [5.41, 5.74) is 1.76. The van der Waals surface area contributed by atoms with E-state index in [0.29, 0.717) is 17.5 Å². The minimum absolute atomic E-state index is 0.504. The third-order valence-corrected chi connectivity index (χ3v) is 3.43. The molecule has 0 saturated carbocycles. The van der Waals surface area contributed by atoms with Gasteiger partial charge in [-0.25, -0.2) is 0 Å². The van der Waals surface area contributed by atoms with Gasteiger partial charge in [-0.15, -0.1) is 0 Å². The van der Waals surface area contributed by atoms with Gasteiger partial charge in [0.15, 0.2) is 0 Å². The molecule has 0 aromatic heterocycles. The van der Waals surface area contributed by atoms with Gasteiger partial charge in [0.2, 0.25) is 0 Å². The van der Waals surface area contributed by atoms with Crippen LogP contribution in [0.1, 0.15) is 43.1 Å². The van der Waals surface area contributed by atoms with Crippen LogP contribution in [0.15, 0.2) is 18.2 Å². The molecule has 0 bridgehead atoms. The molecule has 19 heavy (non-hydrogen) atoms. The highest BCUT2D eigenvalue weighted by atomic mass is 16.5. The van der Waals surface area contributed by atoms with E-state index in [0.717, 1.165) is 30.6 Å². The van der Waals surface area contributed by atoms with Crippen molar-refractivity contribution in [2.75, 3.05) is 14.2 Å². The Morgan fingerprint density at radius 1 is 1.32 bits per heavy atom. The summed E-state index contributed by atoms with van der Waals surface area (Å²) < 4.78 is 5.36. The Labute approximate surface area is 116 Å². The van der Waals surface area contributed by atoms with Crippen LogP contribution in [0.3, 0.4) is 0 Å². The van der Waals surface area contributed by atoms with Crippen molar-refractivity contribution >= 4 is 6.29 Å². The summed E-state index contributed by atoms with van der Waals surface area (Å²) >= 11 is 0. The van der Waals surface area contributed by atoms with Crippen molar-refractivity contribution in [3.8, 4) is 5.75 Å². The molecule has 0 fully saturated rings. The van der Waals surface area contributed by atoms with E-state index in [9.17, 15) is 4.79 Å². The molecule has 0 radical (unpaired) electrons. The highest BCUT2D eigenvalue weighted by Gasteiger charge is 2.14. The van der Waals surface area contributed by atoms with E-state index in [2.05, 4.69) is 32.7 Å². The molecular weight excluding hydrogens is 238 g/mol. The van der Waals surface area contributed by atoms with Gasteiger partial charge >= 0.3 is 0 Å². The molecule has 3 nitrogen and oxygen atoms in total. The van der Waals surface area contributed by atoms with Gasteiger partial charge in [0.1, 0.15) is 12.0 Å². The predicted octanol–water partition coefficient (Wildman–Crippen LogP) is 3.37. The standard InChI is InChI=1S/C16H25NO2/c1-12(2)8-13(3)17(4)10-15-9-14(11-18)6-7-16(15)19-5/h6-7,9,11-13H,8,10H2,1-5H3. The van der Waals surface area contributed by atoms with Crippen molar-refractivity contribution in [2.24, 2.45) is 5.92 Å². The maximum Gasteiger partial charge on any atom is 0.150 e. The number of carbonyl (C=O) groups is 1. The van der Waals surface area contributed by atoms with Crippen LogP contribution < -0.4 is 4.74 Å². The molecule has 1 aromatic rings. The number of methoxy groups -OCH3 is 1. The monoisotopic (exact) mass is 263 g/mol. The number of hydrogen-bond donors (Lipinski definition) is 0. The predicted molar refractivity (Wildman–Crippen MR) is 78.8 cm³/mol. The normalized spacial score (nSPS) is 12.8. The Bertz CT molecular complexity index is 415. The Balaban J connectivity index is 2.82. The van der Waals surface area contributed by atoms with Gasteiger partial charge in [0.05, 0.1) is 7.11 Å². The quantitative estimate of drug-likeness (QED) is 0.706. The molecule has 0 saturated heterocycles. The van der Waals surface area contributed by atoms with Crippen LogP contribution in [0, 0.1) is 5.92 Å². The molecule has 0 aliphatic carbocycles. The first-order chi connectivity index (χ1) is 8.97. The van der Waals surface area contributed by atoms with Crippen molar-refractivity contribution in [3.05, 3.63) is 29.3 Å². The molecule has 106 valence electrons. The third-order valence-electron chi connectivity index (χ3n) is 3.43. The lowest BCUT2D eigenvalue weighted by molar-refractivity contribution is 0.112. The van der Waals surface area contributed by atoms with Crippen molar-refractivity contribution < 1.29 is 9.53 Å². The second-order valence-corrected chi connectivity index (χ2v) is 5.58. The van der Waals surface area contributed by atoms with Crippen LogP contribution in [0.2, 0.25) is 0 Å². The Hall–Kier alpha value is -1.35. The maximum atomic E-state index is 10.9. The summed E-state index contributed by atoms with van der Waals surface area (Å²) in [4.78, 5) is 13.2. The molecule has 1 rings (SSSR count). The molecule has 1 atom stereocenters. The SMILES string of the molecule is COc1ccc(C=O)cc1CN(C)C(C)CC(C)C. The van der Waals surface area contributed by atoms with Crippen molar-refractivity contribution in [2.45, 2.75) is 39.8 Å². The summed E-state index contributed by atoms with van der Waals surface area (Å²) in [5.74, 6) is 1.52. The first kappa shape index (κ1) is 15.7. The number of aldehydes is 1. The summed E-state index contributed by atoms with van der Waals surface area (Å²) in [7, 11) is 3.77. The molecule has 0 heterocycles. The highest BCUT2D eigenvalue weighted by molar-refractivity contribution is 5.75. The molecular formula is C16H25NO2. The van der Waals surface area contributed by atoms with Crippen LogP contribution in [0.5, 0.6) is 5.75 Å². The Morgan fingerprint density at radius 2 is 2.00 bits per heavy atom. The zero-order chi connectivity index (χ0) is 14.4. The van der Waals surface area contributed by atoms with E-state index in [4.69, 9.17) is 4.74 Å². The van der Waals surface area contributed by atoms with E-state index in [1.54, 1.807) is 13.2 Å².